The number of nitrogens with one attached hydrogen (secondary N) is 2. The largest absolute Gasteiger partial charge is 0.377 e. The molecule has 0 saturated heterocycles. The Morgan fingerprint density at radius 3 is 3.06 bits per heavy atom. The first-order chi connectivity index (χ1) is 8.18. The van der Waals surface area contributed by atoms with E-state index in [4.69, 9.17) is 0 Å². The highest BCUT2D eigenvalue weighted by atomic mass is 32.1. The second kappa shape index (κ2) is 3.53. The monoisotopic (exact) mass is 247 g/mol. The molecule has 0 bridgehead atoms. The first-order valence-corrected chi connectivity index (χ1v) is 5.98. The summed E-state index contributed by atoms with van der Waals surface area (Å²) in [6, 6.07) is 1.98. The molecule has 3 aromatic heterocycles. The summed E-state index contributed by atoms with van der Waals surface area (Å²) in [7, 11) is 3.96. The molecule has 5 nitrogen and oxygen atoms in total. The Bertz CT molecular complexity index is 759. The van der Waals surface area contributed by atoms with E-state index in [1.54, 1.807) is 0 Å². The van der Waals surface area contributed by atoms with Gasteiger partial charge in [0, 0.05) is 20.2 Å². The van der Waals surface area contributed by atoms with Crippen molar-refractivity contribution in [1.29, 1.82) is 0 Å². The molecule has 0 aromatic carbocycles. The predicted octanol–water partition coefficient (Wildman–Crippen LogP) is 1.02. The van der Waals surface area contributed by atoms with E-state index in [1.807, 2.05) is 31.3 Å². The molecule has 2 N–H and O–H groups in total. The number of aromatic nitrogens is 3. The Labute approximate surface area is 101 Å². The van der Waals surface area contributed by atoms with E-state index >= 15 is 0 Å². The van der Waals surface area contributed by atoms with Gasteiger partial charge in [0.05, 0.1) is 12.0 Å². The second-order valence-electron chi connectivity index (χ2n) is 3.97. The summed E-state index contributed by atoms with van der Waals surface area (Å²) in [5.74, 6) is 0. The van der Waals surface area contributed by atoms with Crippen molar-refractivity contribution in [2.24, 2.45) is 0 Å². The van der Waals surface area contributed by atoms with Gasteiger partial charge in [-0.3, -0.25) is 4.79 Å². The van der Waals surface area contributed by atoms with E-state index < -0.39 is 0 Å². The van der Waals surface area contributed by atoms with Gasteiger partial charge in [0.25, 0.3) is 10.4 Å². The van der Waals surface area contributed by atoms with Crippen molar-refractivity contribution in [3.05, 3.63) is 28.9 Å². The van der Waals surface area contributed by atoms with Crippen LogP contribution in [0.25, 0.3) is 20.4 Å². The van der Waals surface area contributed by atoms with E-state index in [-0.39, 0.29) is 5.56 Å². The number of H-pyrrole nitrogens is 2. The maximum atomic E-state index is 11.7. The summed E-state index contributed by atoms with van der Waals surface area (Å²) in [5, 5.41) is 1.00. The topological polar surface area (TPSA) is 63.1 Å². The number of hydrogen-bond donors (Lipinski definition) is 1. The minimum Gasteiger partial charge on any atom is -0.377 e. The highest BCUT2D eigenvalue weighted by Gasteiger charge is 2.18. The smallest absolute Gasteiger partial charge is 0.272 e. The quantitative estimate of drug-likeness (QED) is 0.698. The minimum absolute atomic E-state index is 0.0886. The van der Waals surface area contributed by atoms with Crippen molar-refractivity contribution in [2.45, 2.75) is 0 Å². The van der Waals surface area contributed by atoms with Crippen molar-refractivity contribution in [1.82, 2.24) is 9.97 Å². The number of aromatic amines is 2. The third-order valence-electron chi connectivity index (χ3n) is 2.67. The van der Waals surface area contributed by atoms with Crippen LogP contribution in [0.1, 0.15) is 0 Å². The molecule has 0 saturated carbocycles. The van der Waals surface area contributed by atoms with E-state index in [0.29, 0.717) is 4.70 Å². The summed E-state index contributed by atoms with van der Waals surface area (Å²) < 4.78 is 0.660. The van der Waals surface area contributed by atoms with Gasteiger partial charge in [0.2, 0.25) is 0 Å². The molecule has 0 atom stereocenters. The van der Waals surface area contributed by atoms with Crippen molar-refractivity contribution in [3.8, 4) is 0 Å². The molecular formula is C11H11N4OS+. The van der Waals surface area contributed by atoms with Crippen LogP contribution in [-0.2, 0) is 0 Å². The van der Waals surface area contributed by atoms with Crippen LogP contribution in [-0.4, -0.2) is 24.1 Å². The number of fused-ring (bicyclic) bond motifs is 3. The van der Waals surface area contributed by atoms with E-state index in [1.165, 1.54) is 17.7 Å². The third kappa shape index (κ3) is 1.41. The summed E-state index contributed by atoms with van der Waals surface area (Å²) in [6.45, 7) is 0. The molecule has 86 valence electrons. The molecule has 0 spiro atoms. The second-order valence-corrected chi connectivity index (χ2v) is 4.99. The maximum Gasteiger partial charge on any atom is 0.272 e. The van der Waals surface area contributed by atoms with Gasteiger partial charge >= 0.3 is 0 Å². The van der Waals surface area contributed by atoms with Gasteiger partial charge in [0.15, 0.2) is 6.20 Å². The van der Waals surface area contributed by atoms with Gasteiger partial charge in [-0.15, -0.1) is 0 Å². The first-order valence-electron chi connectivity index (χ1n) is 5.16. The van der Waals surface area contributed by atoms with Crippen molar-refractivity contribution < 1.29 is 4.98 Å². The molecule has 3 aromatic rings. The molecule has 3 rings (SSSR count). The van der Waals surface area contributed by atoms with Crippen molar-refractivity contribution in [2.75, 3.05) is 19.0 Å². The minimum atomic E-state index is -0.0886. The van der Waals surface area contributed by atoms with Crippen molar-refractivity contribution >= 4 is 37.5 Å². The van der Waals surface area contributed by atoms with Gasteiger partial charge < -0.3 is 9.88 Å². The molecular weight excluding hydrogens is 236 g/mol. The highest BCUT2D eigenvalue weighted by Crippen LogP contribution is 2.33. The average molecular weight is 247 g/mol. The first kappa shape index (κ1) is 10.2. The van der Waals surface area contributed by atoms with Crippen LogP contribution >= 0.6 is 11.3 Å². The zero-order valence-electron chi connectivity index (χ0n) is 9.44. The third-order valence-corrected chi connectivity index (χ3v) is 3.78. The molecule has 0 amide bonds. The van der Waals surface area contributed by atoms with Gasteiger partial charge in [0.1, 0.15) is 15.6 Å². The Hall–Kier alpha value is -1.95. The lowest BCUT2D eigenvalue weighted by atomic mass is 10.2. The molecule has 17 heavy (non-hydrogen) atoms. The van der Waals surface area contributed by atoms with Crippen LogP contribution in [0.5, 0.6) is 0 Å². The molecule has 6 heteroatoms. The number of rotatable bonds is 1. The Morgan fingerprint density at radius 2 is 2.29 bits per heavy atom. The van der Waals surface area contributed by atoms with Gasteiger partial charge in [-0.1, -0.05) is 11.3 Å². The fourth-order valence-corrected chi connectivity index (χ4v) is 2.95. The molecule has 0 aliphatic heterocycles. The molecule has 3 heterocycles. The lowest BCUT2D eigenvalue weighted by Gasteiger charge is -2.11. The summed E-state index contributed by atoms with van der Waals surface area (Å²) in [5.41, 5.74) is 1.73. The number of hydrogen-bond acceptors (Lipinski definition) is 4. The molecule has 0 aliphatic rings. The lowest BCUT2D eigenvalue weighted by molar-refractivity contribution is -0.341. The van der Waals surface area contributed by atoms with Crippen LogP contribution in [0.3, 0.4) is 0 Å². The number of pyridine rings is 1. The maximum absolute atomic E-state index is 11.7. The zero-order chi connectivity index (χ0) is 12.0. The van der Waals surface area contributed by atoms with E-state index in [2.05, 4.69) is 15.0 Å². The Balaban J connectivity index is 2.59. The Morgan fingerprint density at radius 1 is 1.47 bits per heavy atom. The van der Waals surface area contributed by atoms with Crippen LogP contribution in [0.2, 0.25) is 0 Å². The van der Waals surface area contributed by atoms with E-state index in [9.17, 15) is 4.79 Å². The van der Waals surface area contributed by atoms with Crippen LogP contribution in [0.15, 0.2) is 23.4 Å². The van der Waals surface area contributed by atoms with Crippen LogP contribution in [0.4, 0.5) is 5.69 Å². The summed E-state index contributed by atoms with van der Waals surface area (Å²) >= 11 is 1.43. The standard InChI is InChI=1S/C11H10N4OS/c1-15(2)6-3-4-12-11-7(6)8-9(17-11)10(16)14-5-13-8/h3-5H,1-2H3,(H,13,14,16)/p+1. The lowest BCUT2D eigenvalue weighted by Crippen LogP contribution is -2.11. The van der Waals surface area contributed by atoms with E-state index in [0.717, 1.165) is 21.4 Å². The van der Waals surface area contributed by atoms with Gasteiger partial charge in [-0.25, -0.2) is 9.97 Å². The normalized spacial score (nSPS) is 11.2. The predicted molar refractivity (Wildman–Crippen MR) is 68.6 cm³/mol. The van der Waals surface area contributed by atoms with Crippen molar-refractivity contribution in [3.63, 3.8) is 0 Å². The number of nitrogens with zero attached hydrogens (tertiary/aromatic N) is 2. The summed E-state index contributed by atoms with van der Waals surface area (Å²) in [4.78, 5) is 24.7. The number of anilines is 1. The fraction of sp³-hybridized carbons (Fsp3) is 0.182. The average Bonchev–Trinajstić information content (AvgIpc) is 2.69. The summed E-state index contributed by atoms with van der Waals surface area (Å²) in [6.07, 6.45) is 3.32. The van der Waals surface area contributed by atoms with Gasteiger partial charge in [-0.2, -0.15) is 0 Å². The van der Waals surface area contributed by atoms with Gasteiger partial charge in [-0.05, 0) is 0 Å². The molecule has 0 radical (unpaired) electrons. The molecule has 0 fully saturated rings. The molecule has 0 aliphatic carbocycles. The Kier molecular flexibility index (Phi) is 2.12. The zero-order valence-corrected chi connectivity index (χ0v) is 10.3. The fourth-order valence-electron chi connectivity index (χ4n) is 1.91. The highest BCUT2D eigenvalue weighted by molar-refractivity contribution is 7.25. The SMILES string of the molecule is CN(C)c1cc[nH+]c2sc3c(=O)[nH]cnc3c12. The molecule has 0 unspecified atom stereocenters. The van der Waals surface area contributed by atoms with Crippen LogP contribution < -0.4 is 15.4 Å². The van der Waals surface area contributed by atoms with Crippen LogP contribution in [0, 0.1) is 0 Å². The number of thiophene rings is 1.